The molecule has 1 saturated heterocycles. The number of nitrogens with one attached hydrogen (secondary N) is 3. The number of Topliss-reactive ketones (excluding diaryl/α,β-unsaturated/α-hetero) is 3. The number of hydrogen-bond acceptors (Lipinski definition) is 14. The zero-order valence-corrected chi connectivity index (χ0v) is 65.9. The number of ether oxygens (including phenoxy) is 1. The number of carbonyl (C=O) groups is 6. The normalized spacial score (nSPS) is 13.8. The van der Waals surface area contributed by atoms with Gasteiger partial charge in [-0.15, -0.1) is 0 Å². The molecule has 1 fully saturated rings. The first-order valence-electron chi connectivity index (χ1n) is 37.5. The molecule has 4 aromatic carbocycles. The summed E-state index contributed by atoms with van der Waals surface area (Å²) >= 11 is 0. The Kier molecular flexibility index (Phi) is 29.4. The van der Waals surface area contributed by atoms with Gasteiger partial charge in [-0.25, -0.2) is 4.98 Å². The second kappa shape index (κ2) is 38.3. The number of nitrogens with zero attached hydrogens (tertiary/aromatic N) is 7. The highest BCUT2D eigenvalue weighted by Gasteiger charge is 2.32. The fourth-order valence-corrected chi connectivity index (χ4v) is 14.0. The van der Waals surface area contributed by atoms with Crippen LogP contribution in [-0.4, -0.2) is 90.0 Å². The molecule has 3 amide bonds. The fraction of sp³-hybridized carbons (Fsp3) is 0.409. The molecule has 0 saturated carbocycles. The van der Waals surface area contributed by atoms with Crippen molar-refractivity contribution in [3.63, 3.8) is 0 Å². The van der Waals surface area contributed by atoms with Crippen LogP contribution in [0.25, 0.3) is 33.2 Å². The van der Waals surface area contributed by atoms with E-state index in [4.69, 9.17) is 4.74 Å². The number of para-hydroxylation sites is 1. The summed E-state index contributed by atoms with van der Waals surface area (Å²) in [6.45, 7) is 35.5. The number of amides is 3. The Morgan fingerprint density at radius 1 is 0.454 bits per heavy atom. The first kappa shape index (κ1) is 83.0. The number of aryl methyl sites for hydroxylation is 8. The van der Waals surface area contributed by atoms with E-state index in [0.29, 0.717) is 43.4 Å². The predicted molar refractivity (Wildman–Crippen MR) is 428 cm³/mol. The molecule has 5 aromatic heterocycles. The van der Waals surface area contributed by atoms with Gasteiger partial charge < -0.3 is 34.7 Å². The molecule has 3 N–H and O–H groups in total. The maximum Gasteiger partial charge on any atom is 0.261 e. The smallest absolute Gasteiger partial charge is 0.261 e. The summed E-state index contributed by atoms with van der Waals surface area (Å²) in [5.74, 6) is -0.425. The minimum Gasteiger partial charge on any atom is -0.378 e. The van der Waals surface area contributed by atoms with Gasteiger partial charge in [-0.3, -0.25) is 57.7 Å². The molecule has 1 aliphatic heterocycles. The first-order chi connectivity index (χ1) is 51.3. The Labute approximate surface area is 635 Å². The number of ketones is 3. The van der Waals surface area contributed by atoms with Crippen LogP contribution < -0.4 is 37.5 Å². The van der Waals surface area contributed by atoms with E-state index in [1.807, 2.05) is 117 Å². The van der Waals surface area contributed by atoms with Crippen molar-refractivity contribution in [2.75, 3.05) is 31.2 Å². The number of rotatable bonds is 27. The zero-order chi connectivity index (χ0) is 78.8. The van der Waals surface area contributed by atoms with Gasteiger partial charge in [-0.1, -0.05) is 102 Å². The first-order valence-corrected chi connectivity index (χ1v) is 37.5. The van der Waals surface area contributed by atoms with Crippen molar-refractivity contribution in [3.05, 3.63) is 245 Å². The molecular weight excluding hydrogens is 1360 g/mol. The van der Waals surface area contributed by atoms with Gasteiger partial charge in [-0.05, 0) is 222 Å². The summed E-state index contributed by atoms with van der Waals surface area (Å²) in [7, 11) is 0. The highest BCUT2D eigenvalue weighted by Crippen LogP contribution is 2.34. The summed E-state index contributed by atoms with van der Waals surface area (Å²) in [6.07, 6.45) is 13.8. The lowest BCUT2D eigenvalue weighted by atomic mass is 9.94. The number of carbonyl (C=O) groups excluding carboxylic acids is 6. The lowest BCUT2D eigenvalue weighted by molar-refractivity contribution is -0.127. The van der Waals surface area contributed by atoms with Gasteiger partial charge in [0.2, 0.25) is 17.7 Å². The monoisotopic (exact) mass is 1460 g/mol. The topological polar surface area (TPSA) is 256 Å². The molecule has 0 aliphatic carbocycles. The molecule has 570 valence electrons. The maximum atomic E-state index is 13.7. The average Bonchev–Trinajstić information content (AvgIpc) is 0.817. The number of pyridine rings is 4. The van der Waals surface area contributed by atoms with Crippen molar-refractivity contribution in [2.24, 2.45) is 17.8 Å². The van der Waals surface area contributed by atoms with Crippen LogP contribution in [-0.2, 0) is 33.5 Å². The number of hydrogen-bond donors (Lipinski definition) is 3. The van der Waals surface area contributed by atoms with Gasteiger partial charge in [-0.2, -0.15) is 0 Å². The average molecular weight is 1470 g/mol. The molecule has 0 radical (unpaired) electrons. The Morgan fingerprint density at radius 2 is 0.898 bits per heavy atom. The number of aromatic nitrogens is 6. The van der Waals surface area contributed by atoms with Gasteiger partial charge in [0.25, 0.3) is 16.7 Å². The van der Waals surface area contributed by atoms with Gasteiger partial charge in [0.1, 0.15) is 35.5 Å². The van der Waals surface area contributed by atoms with Gasteiger partial charge in [0, 0.05) is 98.5 Å². The van der Waals surface area contributed by atoms with E-state index < -0.39 is 36.3 Å². The van der Waals surface area contributed by atoms with E-state index >= 15 is 0 Å². The molecular formula is C88H108N10O10. The molecule has 1 aliphatic rings. The lowest BCUT2D eigenvalue weighted by Gasteiger charge is -2.31. The number of fused-ring (bicyclic) bond motifs is 1. The van der Waals surface area contributed by atoms with Crippen LogP contribution in [0.5, 0.6) is 0 Å². The zero-order valence-electron chi connectivity index (χ0n) is 65.9. The molecule has 2 unspecified atom stereocenters. The third-order valence-corrected chi connectivity index (χ3v) is 19.6. The molecule has 6 atom stereocenters. The van der Waals surface area contributed by atoms with E-state index in [1.54, 1.807) is 55.2 Å². The molecule has 0 spiro atoms. The minimum atomic E-state index is -0.747. The molecule has 10 rings (SSSR count). The fourth-order valence-electron chi connectivity index (χ4n) is 14.0. The highest BCUT2D eigenvalue weighted by atomic mass is 16.5. The van der Waals surface area contributed by atoms with Crippen LogP contribution in [0, 0.1) is 73.1 Å². The van der Waals surface area contributed by atoms with E-state index in [-0.39, 0.29) is 88.8 Å². The molecule has 9 aromatic rings. The van der Waals surface area contributed by atoms with Crippen molar-refractivity contribution in [1.82, 2.24) is 44.6 Å². The quantitative estimate of drug-likeness (QED) is 0.0433. The van der Waals surface area contributed by atoms with Crippen molar-refractivity contribution >= 4 is 51.7 Å². The van der Waals surface area contributed by atoms with Crippen LogP contribution in [0.4, 0.5) is 5.69 Å². The Morgan fingerprint density at radius 3 is 1.36 bits per heavy atom. The predicted octanol–water partition coefficient (Wildman–Crippen LogP) is 14.8. The third-order valence-electron chi connectivity index (χ3n) is 19.6. The summed E-state index contributed by atoms with van der Waals surface area (Å²) < 4.78 is 9.94. The van der Waals surface area contributed by atoms with Crippen molar-refractivity contribution in [2.45, 2.75) is 192 Å². The molecule has 0 bridgehead atoms. The molecule has 6 heterocycles. The number of anilines is 1. The van der Waals surface area contributed by atoms with E-state index in [0.717, 1.165) is 102 Å². The van der Waals surface area contributed by atoms with Gasteiger partial charge in [0.15, 0.2) is 0 Å². The lowest BCUT2D eigenvalue weighted by Crippen LogP contribution is -2.40. The third kappa shape index (κ3) is 22.3. The molecule has 108 heavy (non-hydrogen) atoms. The van der Waals surface area contributed by atoms with Crippen molar-refractivity contribution in [3.8, 4) is 22.3 Å². The Hall–Kier alpha value is -10.6. The summed E-state index contributed by atoms with van der Waals surface area (Å²) in [5.41, 5.74) is 15.8. The van der Waals surface area contributed by atoms with Crippen LogP contribution in [0.1, 0.15) is 198 Å². The number of morpholine rings is 1. The van der Waals surface area contributed by atoms with E-state index in [1.165, 1.54) is 46.9 Å². The van der Waals surface area contributed by atoms with Gasteiger partial charge >= 0.3 is 0 Å². The summed E-state index contributed by atoms with van der Waals surface area (Å²) in [6, 6.07) is 30.7. The second-order valence-corrected chi connectivity index (χ2v) is 30.3. The molecule has 20 nitrogen and oxygen atoms in total. The van der Waals surface area contributed by atoms with E-state index in [2.05, 4.69) is 101 Å². The SMILES string of the molecule is CC(=O)C[C@@H](NC(=O)C(CC(C)C)n1cc(C)c(C)cc1=O)c1cncc(-c2c(C)cccc2C)c1.CC(=O)C[C@@H](NC(=O)C(CC(C)C)n1ccc(C)cc1=O)c1cncc(-c2c(C)cccc2C)c1.CC(=O)C[C@@H](NC(=O)[C@H](CC(C)C)n1cnc2ccccc2c1=O)c1ccc(C)c(N2CCOCC2)c1. The van der Waals surface area contributed by atoms with E-state index in [9.17, 15) is 43.2 Å². The maximum absolute atomic E-state index is 13.7. The van der Waals surface area contributed by atoms with Gasteiger partial charge in [0.05, 0.1) is 48.6 Å². The largest absolute Gasteiger partial charge is 0.378 e. The highest BCUT2D eigenvalue weighted by molar-refractivity contribution is 5.86. The van der Waals surface area contributed by atoms with Crippen molar-refractivity contribution < 1.29 is 33.5 Å². The Bertz CT molecular complexity index is 4850. The van der Waals surface area contributed by atoms with Crippen molar-refractivity contribution in [1.29, 1.82) is 0 Å². The minimum absolute atomic E-state index is 0.0243. The second-order valence-electron chi connectivity index (χ2n) is 30.3. The summed E-state index contributed by atoms with van der Waals surface area (Å²) in [4.78, 5) is 132. The standard InChI is InChI=1S/C30H37N3O3.C29H36N4O4.C29H35N3O3/c1-18(2)11-27(33-17-22(6)21(5)12-28(33)35)30(36)32-26(13-23(7)34)24-14-25(16-31-15-24)29-19(3)9-8-10-20(29)4;1-19(2)15-27(33-18-30-24-8-6-5-7-23(24)29(33)36)28(35)31-25(16-21(4)34)22-10-9-20(3)26(17-22)32-11-13-37-14-12-32;1-18(2)12-26(32-11-10-19(3)13-27(32)34)29(35)31-25(14-22(6)33)23-15-24(17-30-16-23)28-20(4)8-7-9-21(28)5/h8-10,12,14-18,26-27H,11,13H2,1-7H3,(H,32,36);5-10,17-19,25,27H,11-16H2,1-4H3,(H,31,35);7-11,13,15-18,25-26H,12,14H2,1-6H3,(H,31,35)/t26-,27?;25-,27+;25-,26?/m111/s1. The number of benzene rings is 4. The Balaban J connectivity index is 0.000000204. The van der Waals surface area contributed by atoms with Crippen LogP contribution >= 0.6 is 0 Å². The van der Waals surface area contributed by atoms with Crippen LogP contribution in [0.15, 0.2) is 167 Å². The molecule has 20 heteroatoms. The summed E-state index contributed by atoms with van der Waals surface area (Å²) in [5, 5.41) is 9.71. The van der Waals surface area contributed by atoms with Crippen LogP contribution in [0.2, 0.25) is 0 Å². The van der Waals surface area contributed by atoms with Crippen LogP contribution in [0.3, 0.4) is 0 Å².